The van der Waals surface area contributed by atoms with Crippen molar-refractivity contribution in [3.63, 3.8) is 0 Å². The van der Waals surface area contributed by atoms with E-state index in [0.29, 0.717) is 58.2 Å². The van der Waals surface area contributed by atoms with Gasteiger partial charge in [-0.25, -0.2) is 34.3 Å². The molecule has 0 atom stereocenters. The van der Waals surface area contributed by atoms with Crippen LogP contribution in [0.4, 0.5) is 25.8 Å². The summed E-state index contributed by atoms with van der Waals surface area (Å²) in [5.41, 5.74) is 8.22. The summed E-state index contributed by atoms with van der Waals surface area (Å²) < 4.78 is 9.28. The lowest BCUT2D eigenvalue weighted by Gasteiger charge is -2.29. The second-order valence-corrected chi connectivity index (χ2v) is 18.9. The Balaban J connectivity index is 0.000000171. The van der Waals surface area contributed by atoms with Gasteiger partial charge in [-0.2, -0.15) is 0 Å². The van der Waals surface area contributed by atoms with Gasteiger partial charge in [-0.05, 0) is 113 Å². The zero-order valence-electron chi connectivity index (χ0n) is 37.9. The highest BCUT2D eigenvalue weighted by Crippen LogP contribution is 2.33. The maximum Gasteiger partial charge on any atom is 0.410 e. The number of hydrogen-bond acceptors (Lipinski definition) is 9. The molecule has 0 bridgehead atoms. The molecule has 0 unspecified atom stereocenters. The van der Waals surface area contributed by atoms with Gasteiger partial charge in [0.05, 0.1) is 21.4 Å². The van der Waals surface area contributed by atoms with Crippen LogP contribution in [0, 0.1) is 0 Å². The zero-order valence-corrected chi connectivity index (χ0v) is 39.4. The van der Waals surface area contributed by atoms with Gasteiger partial charge in [-0.3, -0.25) is 8.80 Å². The van der Waals surface area contributed by atoms with Crippen LogP contribution in [0.1, 0.15) is 70.4 Å². The summed E-state index contributed by atoms with van der Waals surface area (Å²) in [4.78, 5) is 61.0. The van der Waals surface area contributed by atoms with Crippen LogP contribution in [-0.2, 0) is 4.74 Å². The number of likely N-dealkylation sites (tertiary alicyclic amines) is 2. The van der Waals surface area contributed by atoms with E-state index in [-0.39, 0.29) is 18.2 Å². The number of aromatic nitrogens is 6. The first-order valence-corrected chi connectivity index (χ1v) is 23.6. The topological polar surface area (TPSA) is 167 Å². The van der Waals surface area contributed by atoms with Crippen molar-refractivity contribution in [1.29, 1.82) is 0 Å². The number of ether oxygens (including phenoxy) is 1. The minimum Gasteiger partial charge on any atom is -0.444 e. The number of benzene rings is 2. The molecule has 4 aliphatic heterocycles. The summed E-state index contributed by atoms with van der Waals surface area (Å²) in [6.07, 6.45) is 21.4. The van der Waals surface area contributed by atoms with E-state index >= 15 is 0 Å². The Morgan fingerprint density at radius 1 is 0.657 bits per heavy atom. The van der Waals surface area contributed by atoms with Crippen LogP contribution in [0.5, 0.6) is 0 Å². The Morgan fingerprint density at radius 2 is 1.16 bits per heavy atom. The molecule has 16 nitrogen and oxygen atoms in total. The molecule has 4 aliphatic rings. The number of hydrogen-bond donors (Lipinski definition) is 3. The van der Waals surface area contributed by atoms with Crippen molar-refractivity contribution in [3.8, 4) is 22.5 Å². The lowest BCUT2D eigenvalue weighted by atomic mass is 10.0. The monoisotopic (exact) mass is 944 g/mol. The molecule has 8 heterocycles. The van der Waals surface area contributed by atoms with Gasteiger partial charge in [-0.15, -0.1) is 0 Å². The third-order valence-electron chi connectivity index (χ3n) is 12.1. The number of amides is 5. The van der Waals surface area contributed by atoms with Crippen molar-refractivity contribution >= 4 is 75.4 Å². The Bertz CT molecular complexity index is 2890. The number of carbonyl (C=O) groups is 3. The predicted octanol–water partition coefficient (Wildman–Crippen LogP) is 9.76. The molecule has 4 aromatic heterocycles. The van der Waals surface area contributed by atoms with Crippen molar-refractivity contribution in [1.82, 2.24) is 48.8 Å². The number of anilines is 2. The van der Waals surface area contributed by atoms with Crippen molar-refractivity contribution in [2.45, 2.75) is 64.9 Å². The number of carbonyl (C=O) groups excluding carboxylic acids is 3. The molecule has 6 aromatic rings. The van der Waals surface area contributed by atoms with Crippen LogP contribution in [0.3, 0.4) is 0 Å². The number of nitrogens with zero attached hydrogens (tertiary/aromatic N) is 9. The SMILES string of the molecule is CC(C)(C)OC(=O)N1CC=C(c2cnc3nc(-c4cc(NC(=O)N5CCCC5)ccc4Cl)cn3c2)CC1.O=C(Nc1ccc(Cl)c(-c2cn3cc(C4=CCNCC4)cnc3n2)c1)N1CCCC1. The highest BCUT2D eigenvalue weighted by molar-refractivity contribution is 6.33. The molecule has 2 saturated heterocycles. The van der Waals surface area contributed by atoms with Crippen LogP contribution in [0.2, 0.25) is 10.0 Å². The third-order valence-corrected chi connectivity index (χ3v) is 12.7. The smallest absolute Gasteiger partial charge is 0.410 e. The summed E-state index contributed by atoms with van der Waals surface area (Å²) in [6.45, 7) is 11.7. The molecule has 0 aliphatic carbocycles. The fourth-order valence-corrected chi connectivity index (χ4v) is 8.94. The number of fused-ring (bicyclic) bond motifs is 2. The fraction of sp³-hybridized carbons (Fsp3) is 0.367. The van der Waals surface area contributed by atoms with Crippen LogP contribution < -0.4 is 16.0 Å². The molecule has 0 radical (unpaired) electrons. The first-order valence-electron chi connectivity index (χ1n) is 22.8. The van der Waals surface area contributed by atoms with Gasteiger partial charge in [0.2, 0.25) is 11.6 Å². The molecule has 10 rings (SSSR count). The van der Waals surface area contributed by atoms with Crippen LogP contribution >= 0.6 is 23.2 Å². The summed E-state index contributed by atoms with van der Waals surface area (Å²) in [7, 11) is 0. The number of imidazole rings is 2. The van der Waals surface area contributed by atoms with Crippen molar-refractivity contribution in [2.24, 2.45) is 0 Å². The fourth-order valence-electron chi connectivity index (χ4n) is 8.51. The Hall–Kier alpha value is -6.49. The van der Waals surface area contributed by atoms with E-state index in [0.717, 1.165) is 105 Å². The van der Waals surface area contributed by atoms with Crippen LogP contribution in [0.15, 0.2) is 85.7 Å². The second-order valence-electron chi connectivity index (χ2n) is 18.1. The zero-order chi connectivity index (χ0) is 46.7. The second kappa shape index (κ2) is 19.8. The molecule has 2 fully saturated rings. The minimum absolute atomic E-state index is 0.0719. The maximum absolute atomic E-state index is 12.5. The average Bonchev–Trinajstić information content (AvgIpc) is 4.18. The van der Waals surface area contributed by atoms with Gasteiger partial charge in [0.15, 0.2) is 0 Å². The van der Waals surface area contributed by atoms with E-state index in [2.05, 4.69) is 48.2 Å². The standard InChI is InChI=1S/C27H31ClN6O3.C22H23ClN6O/c1-27(2,3)37-26(36)33-12-8-18(9-13-33)19-15-29-24-31-23(17-34(24)16-19)21-14-20(6-7-22(21)28)30-25(35)32-10-4-5-11-32;23-19-4-3-17(26-22(30)28-9-1-2-10-28)11-18(19)20-14-29-13-16(12-25-21(29)27-20)15-5-7-24-8-6-15/h6-8,14-17H,4-5,9-13H2,1-3H3,(H,30,35);3-5,11-14,24H,1-2,6-10H2,(H,26,30). The van der Waals surface area contributed by atoms with Gasteiger partial charge in [0.1, 0.15) is 5.60 Å². The van der Waals surface area contributed by atoms with E-state index in [1.54, 1.807) is 29.3 Å². The summed E-state index contributed by atoms with van der Waals surface area (Å²) >= 11 is 13.0. The Kier molecular flexibility index (Phi) is 13.5. The number of halogens is 2. The van der Waals surface area contributed by atoms with Gasteiger partial charge < -0.3 is 35.4 Å². The average molecular weight is 946 g/mol. The van der Waals surface area contributed by atoms with E-state index in [1.165, 1.54) is 5.57 Å². The predicted molar refractivity (Wildman–Crippen MR) is 262 cm³/mol. The largest absolute Gasteiger partial charge is 0.444 e. The molecule has 0 saturated carbocycles. The Labute approximate surface area is 399 Å². The minimum atomic E-state index is -0.517. The highest BCUT2D eigenvalue weighted by atomic mass is 35.5. The molecule has 3 N–H and O–H groups in total. The molecular formula is C49H54Cl2N12O4. The van der Waals surface area contributed by atoms with E-state index in [4.69, 9.17) is 27.9 Å². The molecule has 5 amide bonds. The van der Waals surface area contributed by atoms with E-state index in [9.17, 15) is 14.4 Å². The lowest BCUT2D eigenvalue weighted by molar-refractivity contribution is 0.0270. The van der Waals surface area contributed by atoms with Gasteiger partial charge in [-0.1, -0.05) is 35.4 Å². The molecule has 0 spiro atoms. The first kappa shape index (κ1) is 45.7. The molecule has 67 heavy (non-hydrogen) atoms. The van der Waals surface area contributed by atoms with Crippen molar-refractivity contribution < 1.29 is 19.1 Å². The number of urea groups is 2. The molecule has 2 aromatic carbocycles. The summed E-state index contributed by atoms with van der Waals surface area (Å²) in [6, 6.07) is 10.7. The quantitative estimate of drug-likeness (QED) is 0.147. The first-order chi connectivity index (χ1) is 32.3. The van der Waals surface area contributed by atoms with E-state index in [1.807, 2.05) is 88.4 Å². The third kappa shape index (κ3) is 10.9. The van der Waals surface area contributed by atoms with Gasteiger partial charge in [0.25, 0.3) is 0 Å². The highest BCUT2D eigenvalue weighted by Gasteiger charge is 2.25. The van der Waals surface area contributed by atoms with Gasteiger partial charge in [0, 0.05) is 117 Å². The van der Waals surface area contributed by atoms with Crippen molar-refractivity contribution in [3.05, 3.63) is 107 Å². The molecular weight excluding hydrogens is 892 g/mol. The van der Waals surface area contributed by atoms with Crippen LogP contribution in [0.25, 0.3) is 45.2 Å². The molecule has 348 valence electrons. The Morgan fingerprint density at radius 3 is 1.61 bits per heavy atom. The normalized spacial score (nSPS) is 16.4. The number of nitrogens with one attached hydrogen (secondary N) is 3. The lowest BCUT2D eigenvalue weighted by Crippen LogP contribution is -2.39. The van der Waals surface area contributed by atoms with Gasteiger partial charge >= 0.3 is 18.2 Å². The van der Waals surface area contributed by atoms with Crippen LogP contribution in [-0.4, -0.2) is 120 Å². The number of rotatable bonds is 6. The summed E-state index contributed by atoms with van der Waals surface area (Å²) in [5.74, 6) is 1.17. The maximum atomic E-state index is 12.5. The summed E-state index contributed by atoms with van der Waals surface area (Å²) in [5, 5.41) is 10.4. The van der Waals surface area contributed by atoms with Crippen molar-refractivity contribution in [2.75, 3.05) is 63.0 Å². The molecule has 18 heteroatoms. The van der Waals surface area contributed by atoms with E-state index < -0.39 is 5.60 Å².